The van der Waals surface area contributed by atoms with Crippen LogP contribution in [0, 0.1) is 6.92 Å². The Morgan fingerprint density at radius 1 is 1.27 bits per heavy atom. The van der Waals surface area contributed by atoms with Crippen LogP contribution in [0.1, 0.15) is 36.7 Å². The van der Waals surface area contributed by atoms with E-state index in [9.17, 15) is 4.79 Å². The zero-order chi connectivity index (χ0) is 23.5. The third-order valence-corrected chi connectivity index (χ3v) is 6.23. The van der Waals surface area contributed by atoms with Crippen LogP contribution < -0.4 is 10.2 Å². The van der Waals surface area contributed by atoms with E-state index in [0.29, 0.717) is 16.8 Å². The first-order chi connectivity index (χ1) is 15.8. The van der Waals surface area contributed by atoms with Gasteiger partial charge in [0.05, 0.1) is 18.3 Å². The average molecular weight is 468 g/mol. The number of aromatic nitrogens is 4. The zero-order valence-electron chi connectivity index (χ0n) is 19.5. The summed E-state index contributed by atoms with van der Waals surface area (Å²) in [7, 11) is 5.72. The van der Waals surface area contributed by atoms with E-state index >= 15 is 0 Å². The molecule has 2 aromatic heterocycles. The molecule has 0 bridgehead atoms. The van der Waals surface area contributed by atoms with Gasteiger partial charge in [0.2, 0.25) is 11.9 Å². The summed E-state index contributed by atoms with van der Waals surface area (Å²) in [4.78, 5) is 26.5. The van der Waals surface area contributed by atoms with E-state index in [4.69, 9.17) is 16.6 Å². The van der Waals surface area contributed by atoms with Crippen molar-refractivity contribution in [2.24, 2.45) is 7.05 Å². The number of likely N-dealkylation sites (tertiary alicyclic amines) is 1. The summed E-state index contributed by atoms with van der Waals surface area (Å²) < 4.78 is 1.75. The monoisotopic (exact) mass is 467 g/mol. The van der Waals surface area contributed by atoms with Crippen LogP contribution in [0.25, 0.3) is 11.1 Å². The number of hydrogen-bond acceptors (Lipinski definition) is 6. The van der Waals surface area contributed by atoms with Gasteiger partial charge in [-0.15, -0.1) is 0 Å². The molecule has 174 valence electrons. The molecule has 0 radical (unpaired) electrons. The Morgan fingerprint density at radius 3 is 2.79 bits per heavy atom. The Labute approximate surface area is 199 Å². The predicted molar refractivity (Wildman–Crippen MR) is 132 cm³/mol. The second kappa shape index (κ2) is 9.89. The summed E-state index contributed by atoms with van der Waals surface area (Å²) in [6.07, 6.45) is 4.92. The van der Waals surface area contributed by atoms with Gasteiger partial charge in [-0.2, -0.15) is 5.10 Å². The van der Waals surface area contributed by atoms with Crippen LogP contribution in [-0.4, -0.2) is 57.7 Å². The first-order valence-electron chi connectivity index (χ1n) is 11.2. The fraction of sp³-hybridized carbons (Fsp3) is 0.417. The predicted octanol–water partition coefficient (Wildman–Crippen LogP) is 4.07. The fourth-order valence-corrected chi connectivity index (χ4v) is 4.40. The van der Waals surface area contributed by atoms with Crippen molar-refractivity contribution in [2.75, 3.05) is 37.4 Å². The smallest absolute Gasteiger partial charge is 0.239 e. The van der Waals surface area contributed by atoms with Gasteiger partial charge >= 0.3 is 0 Å². The van der Waals surface area contributed by atoms with Crippen molar-refractivity contribution in [1.29, 1.82) is 0 Å². The summed E-state index contributed by atoms with van der Waals surface area (Å²) in [6, 6.07) is 9.62. The van der Waals surface area contributed by atoms with Crippen LogP contribution in [0.3, 0.4) is 0 Å². The van der Waals surface area contributed by atoms with Crippen LogP contribution in [0.4, 0.5) is 11.8 Å². The lowest BCUT2D eigenvalue weighted by Gasteiger charge is -2.35. The van der Waals surface area contributed by atoms with Crippen molar-refractivity contribution in [1.82, 2.24) is 24.6 Å². The molecular formula is C24H30ClN7O. The molecule has 1 fully saturated rings. The molecule has 1 aromatic carbocycles. The van der Waals surface area contributed by atoms with Gasteiger partial charge in [0, 0.05) is 49.7 Å². The zero-order valence-corrected chi connectivity index (χ0v) is 20.3. The maximum Gasteiger partial charge on any atom is 0.239 e. The van der Waals surface area contributed by atoms with Gasteiger partial charge in [-0.05, 0) is 44.0 Å². The van der Waals surface area contributed by atoms with Crippen molar-refractivity contribution in [3.8, 4) is 11.1 Å². The maximum absolute atomic E-state index is 12.9. The fourth-order valence-electron chi connectivity index (χ4n) is 4.21. The van der Waals surface area contributed by atoms with Gasteiger partial charge in [0.25, 0.3) is 0 Å². The van der Waals surface area contributed by atoms with Gasteiger partial charge in [-0.1, -0.05) is 30.2 Å². The number of piperidine rings is 1. The summed E-state index contributed by atoms with van der Waals surface area (Å²) in [5.74, 6) is 1.14. The van der Waals surface area contributed by atoms with Crippen molar-refractivity contribution in [3.63, 3.8) is 0 Å². The van der Waals surface area contributed by atoms with Crippen LogP contribution in [0.5, 0.6) is 0 Å². The molecule has 3 heterocycles. The van der Waals surface area contributed by atoms with Gasteiger partial charge < -0.3 is 10.2 Å². The Morgan fingerprint density at radius 2 is 2.09 bits per heavy atom. The van der Waals surface area contributed by atoms with E-state index < -0.39 is 0 Å². The minimum Gasteiger partial charge on any atom is -0.347 e. The first kappa shape index (κ1) is 23.2. The number of amides is 1. The molecule has 3 aromatic rings. The van der Waals surface area contributed by atoms with E-state index in [1.165, 1.54) is 0 Å². The Kier molecular flexibility index (Phi) is 6.95. The highest BCUT2D eigenvalue weighted by atomic mass is 35.5. The molecule has 0 saturated carbocycles. The molecule has 1 unspecified atom stereocenters. The first-order valence-corrected chi connectivity index (χ1v) is 11.5. The number of carbonyl (C=O) groups is 1. The number of benzene rings is 1. The second-order valence-electron chi connectivity index (χ2n) is 8.70. The molecule has 1 aliphatic heterocycles. The SMILES string of the molecule is Cc1cc(NC(=O)CN2CCCCC2c2nc(N(C)C)ncc2-c2cccc(Cl)c2)nn1C. The molecule has 8 nitrogen and oxygen atoms in total. The summed E-state index contributed by atoms with van der Waals surface area (Å²) in [6.45, 7) is 3.06. The van der Waals surface area contributed by atoms with Crippen molar-refractivity contribution < 1.29 is 4.79 Å². The number of nitrogens with zero attached hydrogens (tertiary/aromatic N) is 6. The topological polar surface area (TPSA) is 79.2 Å². The number of halogens is 1. The summed E-state index contributed by atoms with van der Waals surface area (Å²) >= 11 is 6.28. The van der Waals surface area contributed by atoms with Crippen LogP contribution in [0.2, 0.25) is 5.02 Å². The Bertz CT molecular complexity index is 1120. The van der Waals surface area contributed by atoms with Gasteiger partial charge in [0.15, 0.2) is 5.82 Å². The number of rotatable bonds is 6. The van der Waals surface area contributed by atoms with Crippen LogP contribution >= 0.6 is 11.6 Å². The molecule has 1 atom stereocenters. The lowest BCUT2D eigenvalue weighted by molar-refractivity contribution is -0.118. The van der Waals surface area contributed by atoms with Crippen molar-refractivity contribution in [2.45, 2.75) is 32.2 Å². The average Bonchev–Trinajstić information content (AvgIpc) is 3.10. The molecule has 0 aliphatic carbocycles. The molecule has 1 amide bonds. The number of carbonyl (C=O) groups excluding carboxylic acids is 1. The second-order valence-corrected chi connectivity index (χ2v) is 9.13. The molecular weight excluding hydrogens is 438 g/mol. The Hall–Kier alpha value is -2.97. The highest BCUT2D eigenvalue weighted by Gasteiger charge is 2.30. The number of aryl methyl sites for hydroxylation is 2. The largest absolute Gasteiger partial charge is 0.347 e. The van der Waals surface area contributed by atoms with Crippen molar-refractivity contribution >= 4 is 29.3 Å². The number of hydrogen-bond donors (Lipinski definition) is 1. The van der Waals surface area contributed by atoms with E-state index in [0.717, 1.165) is 48.3 Å². The molecule has 9 heteroatoms. The minimum absolute atomic E-state index is 0.00523. The van der Waals surface area contributed by atoms with Gasteiger partial charge in [-0.3, -0.25) is 14.4 Å². The van der Waals surface area contributed by atoms with E-state index in [2.05, 4.69) is 20.3 Å². The highest BCUT2D eigenvalue weighted by Crippen LogP contribution is 2.36. The normalized spacial score (nSPS) is 16.6. The number of anilines is 2. The minimum atomic E-state index is -0.0776. The molecule has 33 heavy (non-hydrogen) atoms. The molecule has 4 rings (SSSR count). The lowest BCUT2D eigenvalue weighted by atomic mass is 9.94. The molecule has 1 aliphatic rings. The van der Waals surface area contributed by atoms with Gasteiger partial charge in [-0.25, -0.2) is 9.97 Å². The molecule has 0 spiro atoms. The van der Waals surface area contributed by atoms with E-state index in [1.807, 2.05) is 69.5 Å². The van der Waals surface area contributed by atoms with Crippen LogP contribution in [-0.2, 0) is 11.8 Å². The van der Waals surface area contributed by atoms with E-state index in [-0.39, 0.29) is 18.5 Å². The number of nitrogens with one attached hydrogen (secondary N) is 1. The summed E-state index contributed by atoms with van der Waals surface area (Å²) in [5.41, 5.74) is 3.84. The Balaban J connectivity index is 1.64. The lowest BCUT2D eigenvalue weighted by Crippen LogP contribution is -2.40. The van der Waals surface area contributed by atoms with Crippen LogP contribution in [0.15, 0.2) is 36.5 Å². The van der Waals surface area contributed by atoms with Gasteiger partial charge in [0.1, 0.15) is 0 Å². The third-order valence-electron chi connectivity index (χ3n) is 6.00. The van der Waals surface area contributed by atoms with E-state index in [1.54, 1.807) is 4.68 Å². The standard InChI is InChI=1S/C24H30ClN7O/c1-16-12-21(29-31(16)4)27-22(33)15-32-11-6-5-10-20(32)23-19(14-26-24(28-23)30(2)3)17-8-7-9-18(25)13-17/h7-9,12-14,20H,5-6,10-11,15H2,1-4H3,(H,27,29,33). The molecule has 1 N–H and O–H groups in total. The third kappa shape index (κ3) is 5.34. The highest BCUT2D eigenvalue weighted by molar-refractivity contribution is 6.30. The quantitative estimate of drug-likeness (QED) is 0.588. The van der Waals surface area contributed by atoms with Crippen molar-refractivity contribution in [3.05, 3.63) is 52.9 Å². The maximum atomic E-state index is 12.9. The summed E-state index contributed by atoms with van der Waals surface area (Å²) in [5, 5.41) is 7.94. The molecule has 1 saturated heterocycles.